The van der Waals surface area contributed by atoms with E-state index >= 15 is 0 Å². The summed E-state index contributed by atoms with van der Waals surface area (Å²) in [5, 5.41) is 8.76. The van der Waals surface area contributed by atoms with Gasteiger partial charge in [-0.25, -0.2) is 0 Å². The fraction of sp³-hybridized carbons (Fsp3) is 0.667. The number of hydrogen-bond acceptors (Lipinski definition) is 2. The first-order valence-corrected chi connectivity index (χ1v) is 3.21. The van der Waals surface area contributed by atoms with Gasteiger partial charge in [0.2, 0.25) is 0 Å². The predicted molar refractivity (Wildman–Crippen MR) is 39.2 cm³/mol. The van der Waals surface area contributed by atoms with Crippen molar-refractivity contribution in [1.82, 2.24) is 0 Å². The van der Waals surface area contributed by atoms with Gasteiger partial charge in [-0.1, -0.05) is 13.3 Å². The number of allylic oxidation sites excluding steroid dienone is 2. The lowest BCUT2D eigenvalue weighted by atomic mass is 10.3. The quantitative estimate of drug-likeness (QED) is 0.437. The Morgan fingerprint density at radius 2 is 2.12 bits per heavy atom. The van der Waals surface area contributed by atoms with E-state index in [-0.39, 0.29) is 0 Å². The molecule has 0 fully saturated rings. The zero-order chi connectivity index (χ0) is 6.57. The van der Waals surface area contributed by atoms with Crippen molar-refractivity contribution < 1.29 is 5.11 Å². The Morgan fingerprint density at radius 1 is 1.62 bits per heavy atom. The largest absolute Gasteiger partial charge is 0.512 e. The maximum Gasteiger partial charge on any atom is 0.0983 e. The Morgan fingerprint density at radius 3 is 2.25 bits per heavy atom. The molecule has 0 saturated heterocycles. The van der Waals surface area contributed by atoms with Gasteiger partial charge in [0, 0.05) is 4.91 Å². The average Bonchev–Trinajstić information content (AvgIpc) is 1.67. The molecule has 0 aromatic heterocycles. The lowest BCUT2D eigenvalue weighted by Gasteiger charge is -1.95. The van der Waals surface area contributed by atoms with Crippen molar-refractivity contribution in [3.8, 4) is 0 Å². The van der Waals surface area contributed by atoms with Crippen LogP contribution in [0.1, 0.15) is 26.7 Å². The van der Waals surface area contributed by atoms with E-state index in [0.29, 0.717) is 5.76 Å². The monoisotopic (exact) mass is 132 g/mol. The predicted octanol–water partition coefficient (Wildman–Crippen LogP) is 2.51. The molecule has 1 nitrogen and oxygen atoms in total. The second-order valence-corrected chi connectivity index (χ2v) is 2.32. The molecular formula is C6H12OS. The molecule has 8 heavy (non-hydrogen) atoms. The van der Waals surface area contributed by atoms with Crippen molar-refractivity contribution in [2.24, 2.45) is 0 Å². The van der Waals surface area contributed by atoms with Crippen LogP contribution in [0.5, 0.6) is 0 Å². The topological polar surface area (TPSA) is 20.2 Å². The van der Waals surface area contributed by atoms with Crippen LogP contribution in [0.25, 0.3) is 0 Å². The van der Waals surface area contributed by atoms with Gasteiger partial charge in [-0.3, -0.25) is 0 Å². The number of aliphatic hydroxyl groups is 1. The van der Waals surface area contributed by atoms with E-state index in [1.54, 1.807) is 6.92 Å². The summed E-state index contributed by atoms with van der Waals surface area (Å²) in [4.78, 5) is 0.799. The van der Waals surface area contributed by atoms with Gasteiger partial charge in [0.15, 0.2) is 0 Å². The summed E-state index contributed by atoms with van der Waals surface area (Å²) in [5.74, 6) is 0.343. The first-order valence-electron chi connectivity index (χ1n) is 2.76. The maximum absolute atomic E-state index is 8.76. The zero-order valence-electron chi connectivity index (χ0n) is 5.31. The SMILES string of the molecule is CCC/C(S)=C(/C)O. The molecule has 0 aliphatic heterocycles. The molecule has 0 spiro atoms. The third-order valence-electron chi connectivity index (χ3n) is 0.904. The lowest BCUT2D eigenvalue weighted by Crippen LogP contribution is -1.77. The van der Waals surface area contributed by atoms with Crippen molar-refractivity contribution >= 4 is 12.6 Å². The van der Waals surface area contributed by atoms with Crippen molar-refractivity contribution in [1.29, 1.82) is 0 Å². The molecule has 0 heterocycles. The van der Waals surface area contributed by atoms with Crippen molar-refractivity contribution in [2.75, 3.05) is 0 Å². The van der Waals surface area contributed by atoms with Crippen LogP contribution < -0.4 is 0 Å². The van der Waals surface area contributed by atoms with Gasteiger partial charge in [0.05, 0.1) is 5.76 Å². The van der Waals surface area contributed by atoms with Crippen LogP contribution in [0.15, 0.2) is 10.7 Å². The van der Waals surface area contributed by atoms with Crippen molar-refractivity contribution in [3.63, 3.8) is 0 Å². The van der Waals surface area contributed by atoms with E-state index in [0.717, 1.165) is 17.7 Å². The van der Waals surface area contributed by atoms with Crippen molar-refractivity contribution in [2.45, 2.75) is 26.7 Å². The fourth-order valence-corrected chi connectivity index (χ4v) is 0.641. The second kappa shape index (κ2) is 3.84. The maximum atomic E-state index is 8.76. The molecule has 48 valence electrons. The van der Waals surface area contributed by atoms with Gasteiger partial charge in [0.1, 0.15) is 0 Å². The highest BCUT2D eigenvalue weighted by Crippen LogP contribution is 2.11. The van der Waals surface area contributed by atoms with Crippen LogP contribution in [0.3, 0.4) is 0 Å². The highest BCUT2D eigenvalue weighted by Gasteiger charge is 1.90. The normalized spacial score (nSPS) is 13.4. The smallest absolute Gasteiger partial charge is 0.0983 e. The third-order valence-corrected chi connectivity index (χ3v) is 1.45. The summed E-state index contributed by atoms with van der Waals surface area (Å²) in [6.07, 6.45) is 1.92. The van der Waals surface area contributed by atoms with E-state index in [4.69, 9.17) is 5.11 Å². The minimum Gasteiger partial charge on any atom is -0.512 e. The minimum atomic E-state index is 0.343. The summed E-state index contributed by atoms with van der Waals surface area (Å²) in [5.41, 5.74) is 0. The summed E-state index contributed by atoms with van der Waals surface area (Å²) >= 11 is 4.03. The van der Waals surface area contributed by atoms with Crippen molar-refractivity contribution in [3.05, 3.63) is 10.7 Å². The van der Waals surface area contributed by atoms with Crippen LogP contribution in [0, 0.1) is 0 Å². The standard InChI is InChI=1S/C6H12OS/c1-3-4-6(8)5(2)7/h7-8H,3-4H2,1-2H3/b6-5+. The molecule has 2 heteroatoms. The molecule has 0 amide bonds. The number of aliphatic hydroxyl groups excluding tert-OH is 1. The molecule has 1 N–H and O–H groups in total. The summed E-state index contributed by atoms with van der Waals surface area (Å²) in [7, 11) is 0. The third kappa shape index (κ3) is 2.97. The van der Waals surface area contributed by atoms with Gasteiger partial charge in [-0.2, -0.15) is 0 Å². The zero-order valence-corrected chi connectivity index (χ0v) is 6.20. The molecule has 0 aromatic carbocycles. The van der Waals surface area contributed by atoms with Gasteiger partial charge in [-0.05, 0) is 13.3 Å². The number of rotatable bonds is 2. The summed E-state index contributed by atoms with van der Waals surface area (Å²) in [6.45, 7) is 3.71. The second-order valence-electron chi connectivity index (χ2n) is 1.78. The van der Waals surface area contributed by atoms with E-state index in [9.17, 15) is 0 Å². The van der Waals surface area contributed by atoms with Crippen LogP contribution in [0.2, 0.25) is 0 Å². The Balaban J connectivity index is 3.62. The first kappa shape index (κ1) is 7.89. The molecule has 0 bridgehead atoms. The average molecular weight is 132 g/mol. The van der Waals surface area contributed by atoms with Gasteiger partial charge in [-0.15, -0.1) is 12.6 Å². The Hall–Kier alpha value is -0.110. The van der Waals surface area contributed by atoms with E-state index in [1.807, 2.05) is 0 Å². The van der Waals surface area contributed by atoms with Gasteiger partial charge in [0.25, 0.3) is 0 Å². The molecule has 0 radical (unpaired) electrons. The van der Waals surface area contributed by atoms with E-state index < -0.39 is 0 Å². The highest BCUT2D eigenvalue weighted by atomic mass is 32.1. The Labute approximate surface area is 55.8 Å². The number of thiol groups is 1. The van der Waals surface area contributed by atoms with Gasteiger partial charge >= 0.3 is 0 Å². The van der Waals surface area contributed by atoms with Crippen LogP contribution >= 0.6 is 12.6 Å². The molecule has 0 unspecified atom stereocenters. The molecule has 0 aliphatic carbocycles. The van der Waals surface area contributed by atoms with Crippen LogP contribution in [0.4, 0.5) is 0 Å². The first-order chi connectivity index (χ1) is 3.68. The molecule has 0 aliphatic rings. The van der Waals surface area contributed by atoms with Crippen LogP contribution in [-0.4, -0.2) is 5.11 Å². The fourth-order valence-electron chi connectivity index (χ4n) is 0.418. The number of hydrogen-bond donors (Lipinski definition) is 2. The molecule has 0 aromatic rings. The summed E-state index contributed by atoms with van der Waals surface area (Å²) < 4.78 is 0. The molecule has 0 atom stereocenters. The van der Waals surface area contributed by atoms with E-state index in [1.165, 1.54) is 0 Å². The van der Waals surface area contributed by atoms with Crippen LogP contribution in [-0.2, 0) is 0 Å². The Bertz CT molecular complexity index is 92.7. The summed E-state index contributed by atoms with van der Waals surface area (Å²) in [6, 6.07) is 0. The van der Waals surface area contributed by atoms with Gasteiger partial charge < -0.3 is 5.11 Å². The Kier molecular flexibility index (Phi) is 3.79. The van der Waals surface area contributed by atoms with E-state index in [2.05, 4.69) is 19.6 Å². The lowest BCUT2D eigenvalue weighted by molar-refractivity contribution is 0.409. The highest BCUT2D eigenvalue weighted by molar-refractivity contribution is 7.84. The minimum absolute atomic E-state index is 0.343. The molecular weight excluding hydrogens is 120 g/mol. The molecule has 0 saturated carbocycles. The molecule has 0 rings (SSSR count).